The van der Waals surface area contributed by atoms with Crippen LogP contribution in [0.1, 0.15) is 28.8 Å². The van der Waals surface area contributed by atoms with E-state index in [0.29, 0.717) is 5.92 Å². The maximum atomic E-state index is 13.4. The van der Waals surface area contributed by atoms with Crippen molar-refractivity contribution in [2.45, 2.75) is 24.1 Å². The maximum Gasteiger partial charge on any atom is 0.250 e. The fourth-order valence-electron chi connectivity index (χ4n) is 4.88. The Morgan fingerprint density at radius 1 is 1.00 bits per heavy atom. The van der Waals surface area contributed by atoms with E-state index in [2.05, 4.69) is 32.2 Å². The number of hydrogen-bond donors (Lipinski definition) is 1. The average molecular weight is 555 g/mol. The van der Waals surface area contributed by atoms with Crippen molar-refractivity contribution in [3.8, 4) is 0 Å². The van der Waals surface area contributed by atoms with Crippen LogP contribution in [0.15, 0.2) is 82.1 Å². The topological polar surface area (TPSA) is 54.3 Å². The smallest absolute Gasteiger partial charge is 0.250 e. The Labute approximate surface area is 216 Å². The van der Waals surface area contributed by atoms with Crippen LogP contribution in [-0.2, 0) is 11.3 Å². The first-order chi connectivity index (χ1) is 16.5. The molecule has 8 heteroatoms. The number of aromatic nitrogens is 1. The summed E-state index contributed by atoms with van der Waals surface area (Å²) in [6.45, 7) is 2.29. The molecule has 1 fully saturated rings. The quantitative estimate of drug-likeness (QED) is 0.436. The molecule has 3 atom stereocenters. The van der Waals surface area contributed by atoms with Crippen LogP contribution in [-0.4, -0.2) is 32.8 Å². The summed E-state index contributed by atoms with van der Waals surface area (Å²) < 4.78 is 3.47. The van der Waals surface area contributed by atoms with Crippen molar-refractivity contribution >= 4 is 55.8 Å². The van der Waals surface area contributed by atoms with Crippen molar-refractivity contribution < 1.29 is 4.79 Å². The SMILES string of the molecule is O=C(Nc1ccccc1Br)C(SC(=S)N1CC2CC(C1)c1cccc(=O)n1C2)c1ccccc1. The Morgan fingerprint density at radius 3 is 2.56 bits per heavy atom. The molecule has 1 aromatic heterocycles. The van der Waals surface area contributed by atoms with Gasteiger partial charge in [0.1, 0.15) is 9.57 Å². The fraction of sp³-hybridized carbons (Fsp3) is 0.269. The number of carbonyl (C=O) groups excluding carboxylic acids is 1. The van der Waals surface area contributed by atoms with Gasteiger partial charge in [0.2, 0.25) is 5.91 Å². The highest BCUT2D eigenvalue weighted by molar-refractivity contribution is 9.10. The number of pyridine rings is 1. The van der Waals surface area contributed by atoms with Crippen LogP contribution < -0.4 is 10.9 Å². The number of halogens is 1. The van der Waals surface area contributed by atoms with Gasteiger partial charge < -0.3 is 14.8 Å². The third-order valence-electron chi connectivity index (χ3n) is 6.43. The molecule has 3 unspecified atom stereocenters. The molecule has 5 rings (SSSR count). The van der Waals surface area contributed by atoms with E-state index in [1.54, 1.807) is 6.07 Å². The second-order valence-corrected chi connectivity index (χ2v) is 11.3. The number of amides is 1. The molecule has 1 saturated heterocycles. The van der Waals surface area contributed by atoms with Crippen molar-refractivity contribution in [2.75, 3.05) is 18.4 Å². The fourth-order valence-corrected chi connectivity index (χ4v) is 6.66. The number of thiocarbonyl (C=S) groups is 1. The highest BCUT2D eigenvalue weighted by atomic mass is 79.9. The first-order valence-corrected chi connectivity index (χ1v) is 13.3. The van der Waals surface area contributed by atoms with Crippen LogP contribution in [0, 0.1) is 5.92 Å². The minimum Gasteiger partial charge on any atom is -0.356 e. The molecule has 3 aromatic rings. The summed E-state index contributed by atoms with van der Waals surface area (Å²) >= 11 is 10.8. The Hall–Kier alpha value is -2.42. The summed E-state index contributed by atoms with van der Waals surface area (Å²) in [5.41, 5.74) is 2.81. The molecular weight excluding hydrogens is 530 g/mol. The molecule has 0 aliphatic carbocycles. The maximum absolute atomic E-state index is 13.4. The van der Waals surface area contributed by atoms with E-state index in [4.69, 9.17) is 12.2 Å². The van der Waals surface area contributed by atoms with Crippen molar-refractivity contribution in [1.29, 1.82) is 0 Å². The van der Waals surface area contributed by atoms with Crippen LogP contribution >= 0.6 is 39.9 Å². The summed E-state index contributed by atoms with van der Waals surface area (Å²) in [4.78, 5) is 28.0. The van der Waals surface area contributed by atoms with E-state index < -0.39 is 5.25 Å². The van der Waals surface area contributed by atoms with E-state index in [1.165, 1.54) is 11.8 Å². The van der Waals surface area contributed by atoms with E-state index in [1.807, 2.05) is 65.2 Å². The summed E-state index contributed by atoms with van der Waals surface area (Å²) in [6.07, 6.45) is 1.07. The number of hydrogen-bond acceptors (Lipinski definition) is 4. The average Bonchev–Trinajstić information content (AvgIpc) is 2.85. The Balaban J connectivity index is 1.36. The zero-order valence-corrected chi connectivity index (χ0v) is 21.6. The van der Waals surface area contributed by atoms with Gasteiger partial charge in [-0.25, -0.2) is 0 Å². The van der Waals surface area contributed by atoms with Gasteiger partial charge in [-0.15, -0.1) is 0 Å². The van der Waals surface area contributed by atoms with Gasteiger partial charge in [-0.1, -0.05) is 72.5 Å². The first-order valence-electron chi connectivity index (χ1n) is 11.3. The normalized spacial score (nSPS) is 19.7. The standard InChI is InChI=1S/C26H24BrN3O2S2/c27-20-9-4-5-10-21(20)28-25(32)24(18-7-2-1-3-8-18)34-26(33)29-14-17-13-19(16-29)22-11-6-12-23(31)30(22)15-17/h1-12,17,19,24H,13-16H2,(H,28,32). The molecule has 0 saturated carbocycles. The van der Waals surface area contributed by atoms with Crippen molar-refractivity contribution in [2.24, 2.45) is 5.92 Å². The van der Waals surface area contributed by atoms with Gasteiger partial charge in [-0.2, -0.15) is 0 Å². The minimum atomic E-state index is -0.475. The number of likely N-dealkylation sites (tertiary alicyclic amines) is 1. The predicted molar refractivity (Wildman–Crippen MR) is 145 cm³/mol. The molecule has 2 aliphatic rings. The summed E-state index contributed by atoms with van der Waals surface area (Å²) in [5, 5.41) is 2.58. The largest absolute Gasteiger partial charge is 0.356 e. The van der Waals surface area contributed by atoms with E-state index in [0.717, 1.165) is 51.8 Å². The number of benzene rings is 2. The minimum absolute atomic E-state index is 0.0745. The summed E-state index contributed by atoms with van der Waals surface area (Å²) in [5.74, 6) is 0.526. The van der Waals surface area contributed by atoms with Crippen LogP contribution in [0.2, 0.25) is 0 Å². The number of nitrogens with one attached hydrogen (secondary N) is 1. The molecular formula is C26H24BrN3O2S2. The molecule has 0 radical (unpaired) electrons. The van der Waals surface area contributed by atoms with Gasteiger partial charge in [0.25, 0.3) is 5.56 Å². The van der Waals surface area contributed by atoms with Crippen LogP contribution in [0.3, 0.4) is 0 Å². The molecule has 1 N–H and O–H groups in total. The lowest BCUT2D eigenvalue weighted by Gasteiger charge is -2.43. The van der Waals surface area contributed by atoms with Gasteiger partial charge in [0.15, 0.2) is 0 Å². The third-order valence-corrected chi connectivity index (χ3v) is 8.85. The molecule has 174 valence electrons. The van der Waals surface area contributed by atoms with E-state index in [9.17, 15) is 9.59 Å². The highest BCUT2D eigenvalue weighted by Crippen LogP contribution is 2.39. The Morgan fingerprint density at radius 2 is 1.76 bits per heavy atom. The van der Waals surface area contributed by atoms with Gasteiger partial charge in [0.05, 0.1) is 5.69 Å². The Bertz CT molecular complexity index is 1280. The molecule has 1 amide bonds. The highest BCUT2D eigenvalue weighted by Gasteiger charge is 2.36. The number of thioether (sulfide) groups is 1. The zero-order valence-electron chi connectivity index (χ0n) is 18.4. The number of nitrogens with zero attached hydrogens (tertiary/aromatic N) is 2. The van der Waals surface area contributed by atoms with Crippen LogP contribution in [0.5, 0.6) is 0 Å². The van der Waals surface area contributed by atoms with Crippen molar-refractivity contribution in [1.82, 2.24) is 9.47 Å². The lowest BCUT2D eigenvalue weighted by atomic mass is 9.83. The monoisotopic (exact) mass is 553 g/mol. The molecule has 3 heterocycles. The van der Waals surface area contributed by atoms with Gasteiger partial charge in [0, 0.05) is 41.8 Å². The zero-order chi connectivity index (χ0) is 23.7. The molecule has 2 aliphatic heterocycles. The second kappa shape index (κ2) is 10.1. The van der Waals surface area contributed by atoms with Crippen LogP contribution in [0.4, 0.5) is 5.69 Å². The summed E-state index contributed by atoms with van der Waals surface area (Å²) in [7, 11) is 0. The van der Waals surface area contributed by atoms with Crippen LogP contribution in [0.25, 0.3) is 0 Å². The van der Waals surface area contributed by atoms with Gasteiger partial charge >= 0.3 is 0 Å². The lowest BCUT2D eigenvalue weighted by molar-refractivity contribution is -0.115. The van der Waals surface area contributed by atoms with E-state index >= 15 is 0 Å². The van der Waals surface area contributed by atoms with Gasteiger partial charge in [-0.3, -0.25) is 9.59 Å². The predicted octanol–water partition coefficient (Wildman–Crippen LogP) is 5.43. The number of anilines is 1. The first kappa shape index (κ1) is 23.3. The van der Waals surface area contributed by atoms with Gasteiger partial charge in [-0.05, 0) is 52.0 Å². The van der Waals surface area contributed by atoms with Crippen molar-refractivity contribution in [3.63, 3.8) is 0 Å². The third kappa shape index (κ3) is 4.85. The molecule has 0 spiro atoms. The Kier molecular flexibility index (Phi) is 6.90. The molecule has 5 nitrogen and oxygen atoms in total. The number of carbonyl (C=O) groups is 1. The number of para-hydroxylation sites is 1. The second-order valence-electron chi connectivity index (χ2n) is 8.75. The molecule has 34 heavy (non-hydrogen) atoms. The number of rotatable bonds is 4. The number of piperidine rings is 1. The lowest BCUT2D eigenvalue weighted by Crippen LogP contribution is -2.48. The number of fused-ring (bicyclic) bond motifs is 4. The molecule has 2 bridgehead atoms. The van der Waals surface area contributed by atoms with E-state index in [-0.39, 0.29) is 17.4 Å². The summed E-state index contributed by atoms with van der Waals surface area (Å²) in [6, 6.07) is 22.9. The van der Waals surface area contributed by atoms with Crippen molar-refractivity contribution in [3.05, 3.63) is 98.9 Å². The molecule has 2 aromatic carbocycles.